The standard InChI is InChI=1S/C24H15N5O3S/c30-20(12-29-13-26-21-15-5-1-3-7-17(15)32-22(21)24(29)31)28-19-10-9-14(11-25-19)23-27-16-6-2-4-8-18(16)33-23/h1-11,13H,12H2,(H,25,28,30). The van der Waals surface area contributed by atoms with Crippen molar-refractivity contribution in [3.05, 3.63) is 83.5 Å². The Labute approximate surface area is 190 Å². The second kappa shape index (κ2) is 7.64. The molecular formula is C24H15N5O3S. The topological polar surface area (TPSA) is 103 Å². The number of nitrogens with zero attached hydrogens (tertiary/aromatic N) is 4. The third-order valence-electron chi connectivity index (χ3n) is 5.24. The van der Waals surface area contributed by atoms with Crippen molar-refractivity contribution in [2.75, 3.05) is 5.32 Å². The van der Waals surface area contributed by atoms with Crippen LogP contribution in [0, 0.1) is 0 Å². The number of carbonyl (C=O) groups excluding carboxylic acids is 1. The lowest BCUT2D eigenvalue weighted by Crippen LogP contribution is -2.27. The van der Waals surface area contributed by atoms with Crippen LogP contribution in [-0.4, -0.2) is 25.4 Å². The van der Waals surface area contributed by atoms with Gasteiger partial charge in [-0.25, -0.2) is 15.0 Å². The van der Waals surface area contributed by atoms with E-state index in [1.807, 2.05) is 48.5 Å². The van der Waals surface area contributed by atoms with Crippen molar-refractivity contribution in [3.8, 4) is 10.6 Å². The number of aromatic nitrogens is 4. The average molecular weight is 453 g/mol. The molecule has 4 aromatic heterocycles. The van der Waals surface area contributed by atoms with Crippen LogP contribution in [0.2, 0.25) is 0 Å². The third-order valence-corrected chi connectivity index (χ3v) is 6.32. The summed E-state index contributed by atoms with van der Waals surface area (Å²) in [6.45, 7) is -0.208. The van der Waals surface area contributed by atoms with Gasteiger partial charge in [0.05, 0.1) is 16.5 Å². The van der Waals surface area contributed by atoms with E-state index in [0.717, 1.165) is 26.2 Å². The van der Waals surface area contributed by atoms with Gasteiger partial charge in [-0.1, -0.05) is 24.3 Å². The van der Waals surface area contributed by atoms with E-state index < -0.39 is 11.5 Å². The molecule has 0 bridgehead atoms. The van der Waals surface area contributed by atoms with Crippen molar-refractivity contribution in [1.82, 2.24) is 19.5 Å². The van der Waals surface area contributed by atoms with Crippen LogP contribution in [0.25, 0.3) is 42.9 Å². The third kappa shape index (κ3) is 3.44. The number of hydrogen-bond donors (Lipinski definition) is 1. The Morgan fingerprint density at radius 3 is 2.73 bits per heavy atom. The van der Waals surface area contributed by atoms with Crippen molar-refractivity contribution in [1.29, 1.82) is 0 Å². The highest BCUT2D eigenvalue weighted by molar-refractivity contribution is 7.21. The fraction of sp³-hybridized carbons (Fsp3) is 0.0417. The molecule has 0 saturated carbocycles. The molecule has 6 aromatic rings. The minimum Gasteiger partial charge on any atom is -0.448 e. The molecule has 1 amide bonds. The smallest absolute Gasteiger partial charge is 0.297 e. The maximum Gasteiger partial charge on any atom is 0.297 e. The van der Waals surface area contributed by atoms with Gasteiger partial charge >= 0.3 is 0 Å². The lowest BCUT2D eigenvalue weighted by molar-refractivity contribution is -0.116. The number of carbonyl (C=O) groups is 1. The van der Waals surface area contributed by atoms with E-state index in [-0.39, 0.29) is 12.1 Å². The molecule has 0 radical (unpaired) electrons. The van der Waals surface area contributed by atoms with Crippen LogP contribution in [-0.2, 0) is 11.3 Å². The largest absolute Gasteiger partial charge is 0.448 e. The van der Waals surface area contributed by atoms with Crippen molar-refractivity contribution >= 4 is 55.3 Å². The van der Waals surface area contributed by atoms with Gasteiger partial charge in [0.25, 0.3) is 5.56 Å². The van der Waals surface area contributed by atoms with Gasteiger partial charge in [-0.05, 0) is 36.4 Å². The summed E-state index contributed by atoms with van der Waals surface area (Å²) in [6.07, 6.45) is 3.03. The van der Waals surface area contributed by atoms with Crippen LogP contribution < -0.4 is 10.9 Å². The van der Waals surface area contributed by atoms with Crippen molar-refractivity contribution in [2.24, 2.45) is 0 Å². The Morgan fingerprint density at radius 1 is 1.03 bits per heavy atom. The molecule has 2 aromatic carbocycles. The first-order chi connectivity index (χ1) is 16.2. The van der Waals surface area contributed by atoms with Crippen LogP contribution >= 0.6 is 11.3 Å². The van der Waals surface area contributed by atoms with Crippen molar-refractivity contribution in [3.63, 3.8) is 0 Å². The van der Waals surface area contributed by atoms with Crippen LogP contribution in [0.4, 0.5) is 5.82 Å². The summed E-state index contributed by atoms with van der Waals surface area (Å²) < 4.78 is 7.98. The van der Waals surface area contributed by atoms with Gasteiger partial charge in [-0.15, -0.1) is 11.3 Å². The van der Waals surface area contributed by atoms with E-state index in [2.05, 4.69) is 20.3 Å². The maximum atomic E-state index is 12.8. The summed E-state index contributed by atoms with van der Waals surface area (Å²) in [6, 6.07) is 18.8. The molecule has 9 heteroatoms. The van der Waals surface area contributed by atoms with E-state index >= 15 is 0 Å². The summed E-state index contributed by atoms with van der Waals surface area (Å²) in [7, 11) is 0. The first-order valence-corrected chi connectivity index (χ1v) is 11.0. The van der Waals surface area contributed by atoms with Crippen LogP contribution in [0.5, 0.6) is 0 Å². The molecular weight excluding hydrogens is 438 g/mol. The zero-order chi connectivity index (χ0) is 22.4. The number of para-hydroxylation sites is 2. The minimum absolute atomic E-state index is 0.129. The lowest BCUT2D eigenvalue weighted by Gasteiger charge is -2.06. The summed E-state index contributed by atoms with van der Waals surface area (Å²) in [4.78, 5) is 38.6. The average Bonchev–Trinajstić information content (AvgIpc) is 3.43. The summed E-state index contributed by atoms with van der Waals surface area (Å²) in [5.41, 5.74) is 2.59. The molecule has 33 heavy (non-hydrogen) atoms. The molecule has 0 atom stereocenters. The molecule has 0 aliphatic heterocycles. The lowest BCUT2D eigenvalue weighted by atomic mass is 10.2. The molecule has 1 N–H and O–H groups in total. The Morgan fingerprint density at radius 2 is 1.88 bits per heavy atom. The number of furan rings is 1. The van der Waals surface area contributed by atoms with Gasteiger partial charge in [0.15, 0.2) is 0 Å². The number of thiazole rings is 1. The zero-order valence-corrected chi connectivity index (χ0v) is 17.9. The molecule has 160 valence electrons. The Balaban J connectivity index is 1.21. The fourth-order valence-corrected chi connectivity index (χ4v) is 4.61. The molecule has 0 aliphatic carbocycles. The molecule has 4 heterocycles. The number of hydrogen-bond acceptors (Lipinski definition) is 7. The van der Waals surface area contributed by atoms with Gasteiger partial charge < -0.3 is 9.73 Å². The molecule has 0 saturated heterocycles. The predicted molar refractivity (Wildman–Crippen MR) is 127 cm³/mol. The second-order valence-corrected chi connectivity index (χ2v) is 8.45. The summed E-state index contributed by atoms with van der Waals surface area (Å²) in [5.74, 6) is -0.00900. The second-order valence-electron chi connectivity index (χ2n) is 7.42. The van der Waals surface area contributed by atoms with E-state index in [0.29, 0.717) is 16.9 Å². The molecule has 0 unspecified atom stereocenters. The number of fused-ring (bicyclic) bond motifs is 4. The highest BCUT2D eigenvalue weighted by Crippen LogP contribution is 2.30. The number of nitrogens with one attached hydrogen (secondary N) is 1. The van der Waals surface area contributed by atoms with Gasteiger partial charge in [0, 0.05) is 17.1 Å². The molecule has 0 spiro atoms. The SMILES string of the molecule is O=C(Cn1cnc2c(oc3ccccc32)c1=O)Nc1ccc(-c2nc3ccccc3s2)cn1. The number of rotatable bonds is 4. The van der Waals surface area contributed by atoms with Crippen molar-refractivity contribution < 1.29 is 9.21 Å². The normalized spacial score (nSPS) is 11.4. The van der Waals surface area contributed by atoms with Crippen molar-refractivity contribution in [2.45, 2.75) is 6.54 Å². The van der Waals surface area contributed by atoms with Gasteiger partial charge in [-0.2, -0.15) is 0 Å². The quantitative estimate of drug-likeness (QED) is 0.423. The first kappa shape index (κ1) is 19.3. The number of benzene rings is 2. The Bertz CT molecular complexity index is 1680. The van der Waals surface area contributed by atoms with E-state index in [1.165, 1.54) is 10.9 Å². The highest BCUT2D eigenvalue weighted by atomic mass is 32.1. The van der Waals surface area contributed by atoms with E-state index in [1.54, 1.807) is 29.7 Å². The van der Waals surface area contributed by atoms with Gasteiger partial charge in [0.2, 0.25) is 11.5 Å². The maximum absolute atomic E-state index is 12.8. The van der Waals surface area contributed by atoms with Crippen LogP contribution in [0.15, 0.2) is 82.4 Å². The van der Waals surface area contributed by atoms with E-state index in [4.69, 9.17) is 4.42 Å². The monoisotopic (exact) mass is 453 g/mol. The summed E-state index contributed by atoms with van der Waals surface area (Å²) >= 11 is 1.58. The van der Waals surface area contributed by atoms with Crippen LogP contribution in [0.1, 0.15) is 0 Å². The predicted octanol–water partition coefficient (Wildman–Crippen LogP) is 4.45. The molecule has 0 aliphatic rings. The Hall–Kier alpha value is -4.37. The number of anilines is 1. The Kier molecular flexibility index (Phi) is 4.48. The number of pyridine rings is 1. The molecule has 0 fully saturated rings. The molecule has 8 nitrogen and oxygen atoms in total. The first-order valence-electron chi connectivity index (χ1n) is 10.1. The fourth-order valence-electron chi connectivity index (χ4n) is 3.66. The van der Waals surface area contributed by atoms with E-state index in [9.17, 15) is 9.59 Å². The number of amides is 1. The zero-order valence-electron chi connectivity index (χ0n) is 17.1. The molecule has 6 rings (SSSR count). The minimum atomic E-state index is -0.412. The van der Waals surface area contributed by atoms with Gasteiger partial charge in [-0.3, -0.25) is 14.2 Å². The highest BCUT2D eigenvalue weighted by Gasteiger charge is 2.15. The van der Waals surface area contributed by atoms with Gasteiger partial charge in [0.1, 0.15) is 28.5 Å². The summed E-state index contributed by atoms with van der Waals surface area (Å²) in [5, 5.41) is 4.33. The van der Waals surface area contributed by atoms with Crippen LogP contribution in [0.3, 0.4) is 0 Å².